The van der Waals surface area contributed by atoms with Crippen molar-refractivity contribution >= 4 is 5.78 Å². The predicted molar refractivity (Wildman–Crippen MR) is 72.9 cm³/mol. The molecule has 0 amide bonds. The monoisotopic (exact) mass is 258 g/mol. The van der Waals surface area contributed by atoms with E-state index in [0.717, 1.165) is 12.0 Å². The Balaban J connectivity index is 2.36. The second-order valence-corrected chi connectivity index (χ2v) is 4.33. The van der Waals surface area contributed by atoms with Gasteiger partial charge in [0.2, 0.25) is 5.78 Å². The summed E-state index contributed by atoms with van der Waals surface area (Å²) in [6, 6.07) is 7.52. The molecule has 0 atom stereocenters. The smallest absolute Gasteiger partial charge is 0.230 e. The van der Waals surface area contributed by atoms with E-state index in [1.54, 1.807) is 4.68 Å². The van der Waals surface area contributed by atoms with Crippen LogP contribution in [0.2, 0.25) is 0 Å². The molecule has 0 fully saturated rings. The van der Waals surface area contributed by atoms with Gasteiger partial charge in [-0.1, -0.05) is 31.2 Å². The van der Waals surface area contributed by atoms with Crippen LogP contribution < -0.4 is 5.73 Å². The molecule has 0 spiro atoms. The van der Waals surface area contributed by atoms with Gasteiger partial charge in [-0.25, -0.2) is 9.67 Å². The average molecular weight is 258 g/mol. The van der Waals surface area contributed by atoms with Crippen molar-refractivity contribution in [3.05, 3.63) is 47.5 Å². The van der Waals surface area contributed by atoms with Gasteiger partial charge in [0.1, 0.15) is 6.33 Å². The maximum Gasteiger partial charge on any atom is 0.230 e. The summed E-state index contributed by atoms with van der Waals surface area (Å²) in [6.07, 6.45) is 3.02. The Hall–Kier alpha value is -2.01. The predicted octanol–water partition coefficient (Wildman–Crippen LogP) is 1.42. The summed E-state index contributed by atoms with van der Waals surface area (Å²) < 4.78 is 1.65. The Morgan fingerprint density at radius 3 is 2.89 bits per heavy atom. The third kappa shape index (κ3) is 2.88. The van der Waals surface area contributed by atoms with Crippen LogP contribution in [0.1, 0.15) is 35.1 Å². The molecule has 100 valence electrons. The maximum absolute atomic E-state index is 12.5. The van der Waals surface area contributed by atoms with E-state index in [1.807, 2.05) is 31.2 Å². The minimum Gasteiger partial charge on any atom is -0.330 e. The average Bonchev–Trinajstić information content (AvgIpc) is 2.88. The molecule has 0 radical (unpaired) electrons. The minimum atomic E-state index is -0.0880. The number of hydrogen-bond acceptors (Lipinski definition) is 4. The Morgan fingerprint density at radius 2 is 2.16 bits per heavy atom. The van der Waals surface area contributed by atoms with Crippen LogP contribution in [0.3, 0.4) is 0 Å². The van der Waals surface area contributed by atoms with Gasteiger partial charge >= 0.3 is 0 Å². The number of carbonyl (C=O) groups is 1. The van der Waals surface area contributed by atoms with E-state index in [0.29, 0.717) is 30.9 Å². The van der Waals surface area contributed by atoms with Crippen molar-refractivity contribution < 1.29 is 4.79 Å². The van der Waals surface area contributed by atoms with E-state index in [4.69, 9.17) is 5.73 Å². The summed E-state index contributed by atoms with van der Waals surface area (Å²) in [7, 11) is 0. The SMILES string of the molecule is CCCn1ncnc1C(=O)c1ccccc1CCN. The number of aromatic nitrogens is 3. The molecule has 19 heavy (non-hydrogen) atoms. The molecule has 2 N–H and O–H groups in total. The number of rotatable bonds is 6. The summed E-state index contributed by atoms with van der Waals surface area (Å²) in [5.41, 5.74) is 7.21. The highest BCUT2D eigenvalue weighted by Gasteiger charge is 2.18. The van der Waals surface area contributed by atoms with E-state index in [9.17, 15) is 4.79 Å². The molecular formula is C14H18N4O. The molecule has 0 saturated heterocycles. The topological polar surface area (TPSA) is 73.8 Å². The number of ketones is 1. The van der Waals surface area contributed by atoms with Crippen molar-refractivity contribution in [1.29, 1.82) is 0 Å². The molecule has 2 rings (SSSR count). The van der Waals surface area contributed by atoms with Gasteiger partial charge in [0.25, 0.3) is 0 Å². The van der Waals surface area contributed by atoms with Crippen LogP contribution in [-0.4, -0.2) is 27.1 Å². The number of aryl methyl sites for hydroxylation is 1. The van der Waals surface area contributed by atoms with E-state index in [-0.39, 0.29) is 5.78 Å². The zero-order chi connectivity index (χ0) is 13.7. The largest absolute Gasteiger partial charge is 0.330 e. The normalized spacial score (nSPS) is 10.6. The Kier molecular flexibility index (Phi) is 4.41. The molecular weight excluding hydrogens is 240 g/mol. The lowest BCUT2D eigenvalue weighted by Crippen LogP contribution is -2.15. The highest BCUT2D eigenvalue weighted by Crippen LogP contribution is 2.14. The first-order valence-electron chi connectivity index (χ1n) is 6.48. The summed E-state index contributed by atoms with van der Waals surface area (Å²) in [4.78, 5) is 16.6. The van der Waals surface area contributed by atoms with Gasteiger partial charge in [0.05, 0.1) is 0 Å². The second kappa shape index (κ2) is 6.24. The first-order chi connectivity index (χ1) is 9.27. The number of nitrogens with zero attached hydrogens (tertiary/aromatic N) is 3. The first-order valence-corrected chi connectivity index (χ1v) is 6.48. The molecule has 5 heteroatoms. The summed E-state index contributed by atoms with van der Waals surface area (Å²) in [5.74, 6) is 0.307. The van der Waals surface area contributed by atoms with Crippen LogP contribution in [-0.2, 0) is 13.0 Å². The third-order valence-electron chi connectivity index (χ3n) is 2.93. The van der Waals surface area contributed by atoms with Gasteiger partial charge in [-0.3, -0.25) is 4.79 Å². The summed E-state index contributed by atoms with van der Waals surface area (Å²) in [6.45, 7) is 3.25. The number of benzene rings is 1. The van der Waals surface area contributed by atoms with Crippen molar-refractivity contribution in [2.24, 2.45) is 5.73 Å². The zero-order valence-electron chi connectivity index (χ0n) is 11.0. The van der Waals surface area contributed by atoms with Crippen LogP contribution in [0.15, 0.2) is 30.6 Å². The van der Waals surface area contributed by atoms with Gasteiger partial charge in [0.15, 0.2) is 5.82 Å². The first kappa shape index (κ1) is 13.4. The molecule has 0 saturated carbocycles. The third-order valence-corrected chi connectivity index (χ3v) is 2.93. The summed E-state index contributed by atoms with van der Waals surface area (Å²) in [5, 5.41) is 4.09. The van der Waals surface area contributed by atoms with Crippen LogP contribution in [0.25, 0.3) is 0 Å². The fourth-order valence-electron chi connectivity index (χ4n) is 2.05. The van der Waals surface area contributed by atoms with E-state index >= 15 is 0 Å². The lowest BCUT2D eigenvalue weighted by molar-refractivity contribution is 0.102. The van der Waals surface area contributed by atoms with E-state index in [2.05, 4.69) is 10.1 Å². The van der Waals surface area contributed by atoms with Crippen LogP contribution >= 0.6 is 0 Å². The lowest BCUT2D eigenvalue weighted by Gasteiger charge is -2.08. The van der Waals surface area contributed by atoms with Crippen LogP contribution in [0, 0.1) is 0 Å². The molecule has 0 unspecified atom stereocenters. The maximum atomic E-state index is 12.5. The molecule has 0 aliphatic rings. The second-order valence-electron chi connectivity index (χ2n) is 4.33. The van der Waals surface area contributed by atoms with Crippen molar-refractivity contribution in [3.63, 3.8) is 0 Å². The highest BCUT2D eigenvalue weighted by atomic mass is 16.1. The lowest BCUT2D eigenvalue weighted by atomic mass is 10.0. The Labute approximate surface area is 112 Å². The van der Waals surface area contributed by atoms with Crippen LogP contribution in [0.5, 0.6) is 0 Å². The number of hydrogen-bond donors (Lipinski definition) is 1. The molecule has 0 aliphatic heterocycles. The van der Waals surface area contributed by atoms with Gasteiger partial charge < -0.3 is 5.73 Å². The van der Waals surface area contributed by atoms with Gasteiger partial charge in [-0.15, -0.1) is 0 Å². The molecule has 1 aromatic carbocycles. The van der Waals surface area contributed by atoms with Gasteiger partial charge in [0, 0.05) is 12.1 Å². The Bertz CT molecular complexity index is 562. The van der Waals surface area contributed by atoms with Crippen LogP contribution in [0.4, 0.5) is 0 Å². The van der Waals surface area contributed by atoms with Crippen molar-refractivity contribution in [2.75, 3.05) is 6.54 Å². The number of nitrogens with two attached hydrogens (primary N) is 1. The molecule has 0 bridgehead atoms. The highest BCUT2D eigenvalue weighted by molar-refractivity contribution is 6.07. The van der Waals surface area contributed by atoms with Crippen molar-refractivity contribution in [2.45, 2.75) is 26.3 Å². The fraction of sp³-hybridized carbons (Fsp3) is 0.357. The Morgan fingerprint density at radius 1 is 1.37 bits per heavy atom. The molecule has 2 aromatic rings. The zero-order valence-corrected chi connectivity index (χ0v) is 11.0. The van der Waals surface area contributed by atoms with Crippen molar-refractivity contribution in [1.82, 2.24) is 14.8 Å². The van der Waals surface area contributed by atoms with E-state index < -0.39 is 0 Å². The standard InChI is InChI=1S/C14H18N4O/c1-2-9-18-14(16-10-17-18)13(19)12-6-4-3-5-11(12)7-8-15/h3-6,10H,2,7-9,15H2,1H3. The van der Waals surface area contributed by atoms with Crippen molar-refractivity contribution in [3.8, 4) is 0 Å². The summed E-state index contributed by atoms with van der Waals surface area (Å²) >= 11 is 0. The molecule has 1 heterocycles. The molecule has 1 aromatic heterocycles. The van der Waals surface area contributed by atoms with E-state index in [1.165, 1.54) is 6.33 Å². The number of carbonyl (C=O) groups excluding carboxylic acids is 1. The van der Waals surface area contributed by atoms with Gasteiger partial charge in [-0.05, 0) is 24.9 Å². The minimum absolute atomic E-state index is 0.0880. The van der Waals surface area contributed by atoms with Gasteiger partial charge in [-0.2, -0.15) is 5.10 Å². The quantitative estimate of drug-likeness (QED) is 0.795. The molecule has 0 aliphatic carbocycles. The fourth-order valence-corrected chi connectivity index (χ4v) is 2.05. The molecule has 5 nitrogen and oxygen atoms in total.